The van der Waals surface area contributed by atoms with Crippen LogP contribution in [0.5, 0.6) is 0 Å². The Kier molecular flexibility index (Phi) is 4.57. The first-order valence-corrected chi connectivity index (χ1v) is 7.03. The van der Waals surface area contributed by atoms with Crippen LogP contribution in [0, 0.1) is 11.7 Å². The van der Waals surface area contributed by atoms with Gasteiger partial charge in [0, 0.05) is 6.54 Å². The molecule has 0 radical (unpaired) electrons. The molecular weight excluding hydrogens is 273 g/mol. The minimum absolute atomic E-state index is 0.0100. The highest BCUT2D eigenvalue weighted by atomic mass is 19.1. The molecule has 3 N–H and O–H groups in total. The lowest BCUT2D eigenvalue weighted by atomic mass is 10.0. The van der Waals surface area contributed by atoms with Crippen LogP contribution in [0.1, 0.15) is 20.3 Å². The fourth-order valence-corrected chi connectivity index (χ4v) is 2.29. The highest BCUT2D eigenvalue weighted by Crippen LogP contribution is 2.24. The molecule has 1 aliphatic heterocycles. The quantitative estimate of drug-likeness (QED) is 0.870. The molecule has 0 aromatic heterocycles. The number of carbonyl (C=O) groups is 2. The lowest BCUT2D eigenvalue weighted by Crippen LogP contribution is -2.50. The van der Waals surface area contributed by atoms with Crippen molar-refractivity contribution in [3.63, 3.8) is 0 Å². The maximum absolute atomic E-state index is 13.7. The Balaban J connectivity index is 2.06. The number of nitrogens with zero attached hydrogens (tertiary/aromatic N) is 1. The van der Waals surface area contributed by atoms with Crippen molar-refractivity contribution < 1.29 is 14.0 Å². The average molecular weight is 293 g/mol. The zero-order valence-electron chi connectivity index (χ0n) is 12.2. The highest BCUT2D eigenvalue weighted by molar-refractivity contribution is 6.01. The predicted octanol–water partition coefficient (Wildman–Crippen LogP) is 1.03. The zero-order chi connectivity index (χ0) is 15.6. The number of halogens is 1. The van der Waals surface area contributed by atoms with E-state index < -0.39 is 17.9 Å². The zero-order valence-corrected chi connectivity index (χ0v) is 12.2. The first-order valence-electron chi connectivity index (χ1n) is 7.03. The first kappa shape index (κ1) is 15.4. The van der Waals surface area contributed by atoms with Gasteiger partial charge in [-0.3, -0.25) is 9.59 Å². The summed E-state index contributed by atoms with van der Waals surface area (Å²) >= 11 is 0. The molecule has 5 nitrogen and oxygen atoms in total. The molecule has 0 saturated carbocycles. The van der Waals surface area contributed by atoms with Gasteiger partial charge in [-0.25, -0.2) is 4.39 Å². The van der Waals surface area contributed by atoms with Crippen molar-refractivity contribution in [3.05, 3.63) is 30.1 Å². The summed E-state index contributed by atoms with van der Waals surface area (Å²) in [4.78, 5) is 25.6. The molecule has 114 valence electrons. The number of rotatable bonds is 4. The van der Waals surface area contributed by atoms with Crippen LogP contribution in [0.15, 0.2) is 24.3 Å². The van der Waals surface area contributed by atoms with Gasteiger partial charge in [-0.15, -0.1) is 0 Å². The van der Waals surface area contributed by atoms with E-state index >= 15 is 0 Å². The van der Waals surface area contributed by atoms with Crippen LogP contribution in [0.2, 0.25) is 0 Å². The number of nitrogens with two attached hydrogens (primary N) is 1. The number of hydrogen-bond donors (Lipinski definition) is 2. The minimum atomic E-state index is -0.652. The molecule has 2 atom stereocenters. The molecule has 2 rings (SSSR count). The Labute approximate surface area is 123 Å². The SMILES string of the molecule is CC(C)[C@H](N)C(=O)NC1CCN(c2ccccc2F)C1=O. The van der Waals surface area contributed by atoms with Crippen molar-refractivity contribution in [1.29, 1.82) is 0 Å². The molecule has 1 fully saturated rings. The molecule has 0 spiro atoms. The van der Waals surface area contributed by atoms with E-state index in [2.05, 4.69) is 5.32 Å². The number of carbonyl (C=O) groups excluding carboxylic acids is 2. The molecule has 1 saturated heterocycles. The summed E-state index contributed by atoms with van der Waals surface area (Å²) in [6.45, 7) is 4.06. The number of para-hydroxylation sites is 1. The molecule has 1 unspecified atom stereocenters. The molecule has 21 heavy (non-hydrogen) atoms. The van der Waals surface area contributed by atoms with Gasteiger partial charge < -0.3 is 16.0 Å². The third-order valence-corrected chi connectivity index (χ3v) is 3.69. The van der Waals surface area contributed by atoms with Crippen molar-refractivity contribution in [2.75, 3.05) is 11.4 Å². The second-order valence-electron chi connectivity index (χ2n) is 5.56. The van der Waals surface area contributed by atoms with E-state index in [1.165, 1.54) is 11.0 Å². The van der Waals surface area contributed by atoms with Gasteiger partial charge in [0.25, 0.3) is 0 Å². The number of hydrogen-bond acceptors (Lipinski definition) is 3. The van der Waals surface area contributed by atoms with Crippen LogP contribution in [0.25, 0.3) is 0 Å². The summed E-state index contributed by atoms with van der Waals surface area (Å²) in [5.74, 6) is -1.11. The molecular formula is C15H20FN3O2. The monoisotopic (exact) mass is 293 g/mol. The summed E-state index contributed by atoms with van der Waals surface area (Å²) in [6.07, 6.45) is 0.448. The second-order valence-corrected chi connectivity index (χ2v) is 5.56. The Bertz CT molecular complexity index is 547. The Morgan fingerprint density at radius 3 is 2.71 bits per heavy atom. The smallest absolute Gasteiger partial charge is 0.249 e. The summed E-state index contributed by atoms with van der Waals surface area (Å²) in [5, 5.41) is 2.65. The topological polar surface area (TPSA) is 75.4 Å². The van der Waals surface area contributed by atoms with Crippen molar-refractivity contribution in [3.8, 4) is 0 Å². The lowest BCUT2D eigenvalue weighted by molar-refractivity contribution is -0.127. The normalized spacial score (nSPS) is 20.0. The van der Waals surface area contributed by atoms with Crippen LogP contribution in [0.3, 0.4) is 0 Å². The summed E-state index contributed by atoms with van der Waals surface area (Å²) in [7, 11) is 0. The van der Waals surface area contributed by atoms with E-state index in [1.54, 1.807) is 18.2 Å². The molecule has 0 bridgehead atoms. The van der Waals surface area contributed by atoms with Gasteiger partial charge in [0.1, 0.15) is 11.9 Å². The van der Waals surface area contributed by atoms with Crippen molar-refractivity contribution in [1.82, 2.24) is 5.32 Å². The van der Waals surface area contributed by atoms with Gasteiger partial charge in [-0.05, 0) is 24.5 Å². The third-order valence-electron chi connectivity index (χ3n) is 3.69. The fourth-order valence-electron chi connectivity index (χ4n) is 2.29. The standard InChI is InChI=1S/C15H20FN3O2/c1-9(2)13(17)14(20)18-11-7-8-19(15(11)21)12-6-4-3-5-10(12)16/h3-6,9,11,13H,7-8,17H2,1-2H3,(H,18,20)/t11?,13-/m0/s1. The Hall–Kier alpha value is -1.95. The number of benzene rings is 1. The van der Waals surface area contributed by atoms with Gasteiger partial charge in [0.05, 0.1) is 11.7 Å². The van der Waals surface area contributed by atoms with Crippen molar-refractivity contribution in [2.24, 2.45) is 11.7 Å². The van der Waals surface area contributed by atoms with E-state index in [9.17, 15) is 14.0 Å². The van der Waals surface area contributed by atoms with E-state index in [4.69, 9.17) is 5.73 Å². The minimum Gasteiger partial charge on any atom is -0.343 e. The molecule has 1 aromatic rings. The number of amides is 2. The molecule has 2 amide bonds. The van der Waals surface area contributed by atoms with E-state index in [-0.39, 0.29) is 23.4 Å². The largest absolute Gasteiger partial charge is 0.343 e. The second kappa shape index (κ2) is 6.22. The molecule has 1 aliphatic rings. The van der Waals surface area contributed by atoms with Crippen LogP contribution in [-0.4, -0.2) is 30.4 Å². The van der Waals surface area contributed by atoms with Crippen molar-refractivity contribution >= 4 is 17.5 Å². The van der Waals surface area contributed by atoms with Crippen LogP contribution in [0.4, 0.5) is 10.1 Å². The van der Waals surface area contributed by atoms with Crippen LogP contribution >= 0.6 is 0 Å². The maximum atomic E-state index is 13.7. The number of anilines is 1. The van der Waals surface area contributed by atoms with Gasteiger partial charge in [0.15, 0.2) is 0 Å². The Morgan fingerprint density at radius 1 is 1.43 bits per heavy atom. The predicted molar refractivity (Wildman–Crippen MR) is 78.1 cm³/mol. The van der Waals surface area contributed by atoms with Gasteiger partial charge in [-0.2, -0.15) is 0 Å². The van der Waals surface area contributed by atoms with Crippen LogP contribution < -0.4 is 16.0 Å². The summed E-state index contributed by atoms with van der Waals surface area (Å²) < 4.78 is 13.7. The molecule has 1 heterocycles. The average Bonchev–Trinajstić information content (AvgIpc) is 2.80. The van der Waals surface area contributed by atoms with E-state index in [1.807, 2.05) is 13.8 Å². The lowest BCUT2D eigenvalue weighted by Gasteiger charge is -2.20. The van der Waals surface area contributed by atoms with E-state index in [0.29, 0.717) is 13.0 Å². The molecule has 6 heteroatoms. The van der Waals surface area contributed by atoms with Gasteiger partial charge in [0.2, 0.25) is 11.8 Å². The highest BCUT2D eigenvalue weighted by Gasteiger charge is 2.35. The van der Waals surface area contributed by atoms with Crippen LogP contribution in [-0.2, 0) is 9.59 Å². The number of nitrogens with one attached hydrogen (secondary N) is 1. The Morgan fingerprint density at radius 2 is 2.10 bits per heavy atom. The van der Waals surface area contributed by atoms with Gasteiger partial charge >= 0.3 is 0 Å². The van der Waals surface area contributed by atoms with Crippen molar-refractivity contribution in [2.45, 2.75) is 32.4 Å². The van der Waals surface area contributed by atoms with Gasteiger partial charge in [-0.1, -0.05) is 26.0 Å². The third kappa shape index (κ3) is 3.21. The molecule has 1 aromatic carbocycles. The summed E-state index contributed by atoms with van der Waals surface area (Å²) in [6, 6.07) is 4.81. The summed E-state index contributed by atoms with van der Waals surface area (Å²) in [5.41, 5.74) is 6.00. The maximum Gasteiger partial charge on any atom is 0.249 e. The first-order chi connectivity index (χ1) is 9.91. The molecule has 0 aliphatic carbocycles. The van der Waals surface area contributed by atoms with E-state index in [0.717, 1.165) is 0 Å². The fraction of sp³-hybridized carbons (Fsp3) is 0.467.